The van der Waals surface area contributed by atoms with Crippen LogP contribution in [0.2, 0.25) is 0 Å². The number of hydrogen-bond acceptors (Lipinski definition) is 4. The SMILES string of the molecule is O=S(=O)(O)CCS(=O)(=O)O.[NaH].[NaH]. The average molecular weight is 238 g/mol. The van der Waals surface area contributed by atoms with Crippen LogP contribution in [0.15, 0.2) is 0 Å². The van der Waals surface area contributed by atoms with Gasteiger partial charge in [0.15, 0.2) is 0 Å². The summed E-state index contributed by atoms with van der Waals surface area (Å²) < 4.78 is 55.4. The molecule has 0 saturated heterocycles. The summed E-state index contributed by atoms with van der Waals surface area (Å²) in [6, 6.07) is 0. The Kier molecular flexibility index (Phi) is 11.6. The van der Waals surface area contributed by atoms with Gasteiger partial charge < -0.3 is 0 Å². The van der Waals surface area contributed by atoms with E-state index in [9.17, 15) is 16.8 Å². The van der Waals surface area contributed by atoms with E-state index in [0.29, 0.717) is 0 Å². The van der Waals surface area contributed by atoms with E-state index in [-0.39, 0.29) is 59.1 Å². The van der Waals surface area contributed by atoms with E-state index in [1.165, 1.54) is 0 Å². The van der Waals surface area contributed by atoms with E-state index in [2.05, 4.69) is 0 Å². The first-order chi connectivity index (χ1) is 4.21. The molecule has 12 heavy (non-hydrogen) atoms. The van der Waals surface area contributed by atoms with Gasteiger partial charge in [-0.2, -0.15) is 16.8 Å². The summed E-state index contributed by atoms with van der Waals surface area (Å²) in [7, 11) is -8.59. The summed E-state index contributed by atoms with van der Waals surface area (Å²) in [4.78, 5) is 0. The second-order valence-corrected chi connectivity index (χ2v) is 4.72. The van der Waals surface area contributed by atoms with Crippen molar-refractivity contribution in [2.45, 2.75) is 0 Å². The standard InChI is InChI=1S/C2H6O6S2.2Na.2H/c3-9(4,5)1-2-10(6,7)8;;;;/h1-2H2,(H,3,4,5)(H,6,7,8);;;;. The van der Waals surface area contributed by atoms with Crippen molar-refractivity contribution >= 4 is 79.4 Å². The van der Waals surface area contributed by atoms with Gasteiger partial charge in [0.05, 0.1) is 11.5 Å². The van der Waals surface area contributed by atoms with Crippen molar-refractivity contribution in [3.63, 3.8) is 0 Å². The molecule has 0 aromatic heterocycles. The second-order valence-electron chi connectivity index (χ2n) is 1.57. The van der Waals surface area contributed by atoms with Gasteiger partial charge in [-0.25, -0.2) is 0 Å². The monoisotopic (exact) mass is 238 g/mol. The van der Waals surface area contributed by atoms with E-state index in [0.717, 1.165) is 0 Å². The number of rotatable bonds is 3. The van der Waals surface area contributed by atoms with Crippen LogP contribution in [0.4, 0.5) is 0 Å². The molecule has 0 radical (unpaired) electrons. The predicted octanol–water partition coefficient (Wildman–Crippen LogP) is -2.53. The molecular formula is C2H8Na2O6S2. The normalized spacial score (nSPS) is 11.2. The van der Waals surface area contributed by atoms with Gasteiger partial charge in [-0.05, 0) is 0 Å². The van der Waals surface area contributed by atoms with E-state index < -0.39 is 31.7 Å². The Balaban J connectivity index is -0.000000405. The van der Waals surface area contributed by atoms with Gasteiger partial charge in [-0.15, -0.1) is 0 Å². The molecule has 0 fully saturated rings. The predicted molar refractivity (Wildman–Crippen MR) is 47.1 cm³/mol. The van der Waals surface area contributed by atoms with Crippen molar-refractivity contribution in [1.29, 1.82) is 0 Å². The Morgan fingerprint density at radius 1 is 0.750 bits per heavy atom. The van der Waals surface area contributed by atoms with Gasteiger partial charge >= 0.3 is 59.1 Å². The van der Waals surface area contributed by atoms with E-state index >= 15 is 0 Å². The van der Waals surface area contributed by atoms with Crippen molar-refractivity contribution in [3.8, 4) is 0 Å². The second kappa shape index (κ2) is 7.16. The van der Waals surface area contributed by atoms with Crippen LogP contribution in [0.25, 0.3) is 0 Å². The molecule has 0 atom stereocenters. The third-order valence-electron chi connectivity index (χ3n) is 0.599. The van der Waals surface area contributed by atoms with Crippen LogP contribution in [-0.2, 0) is 20.2 Å². The Morgan fingerprint density at radius 3 is 1.00 bits per heavy atom. The molecule has 0 spiro atoms. The van der Waals surface area contributed by atoms with Crippen molar-refractivity contribution in [1.82, 2.24) is 0 Å². The molecule has 2 N–H and O–H groups in total. The molecule has 0 aliphatic rings. The fraction of sp³-hybridized carbons (Fsp3) is 1.00. The molecule has 0 aromatic rings. The summed E-state index contributed by atoms with van der Waals surface area (Å²) >= 11 is 0. The molecule has 0 aliphatic carbocycles. The van der Waals surface area contributed by atoms with Crippen LogP contribution >= 0.6 is 0 Å². The molecule has 0 rings (SSSR count). The van der Waals surface area contributed by atoms with E-state index in [4.69, 9.17) is 9.11 Å². The van der Waals surface area contributed by atoms with Gasteiger partial charge in [0, 0.05) is 0 Å². The van der Waals surface area contributed by atoms with Crippen molar-refractivity contribution in [2.75, 3.05) is 11.5 Å². The third kappa shape index (κ3) is 17.8. The molecule has 0 aliphatic heterocycles. The molecule has 66 valence electrons. The minimum absolute atomic E-state index is 0. The van der Waals surface area contributed by atoms with Crippen molar-refractivity contribution < 1.29 is 25.9 Å². The van der Waals surface area contributed by atoms with Gasteiger partial charge in [-0.3, -0.25) is 9.11 Å². The van der Waals surface area contributed by atoms with Gasteiger partial charge in [0.25, 0.3) is 20.2 Å². The van der Waals surface area contributed by atoms with Gasteiger partial charge in [0.2, 0.25) is 0 Å². The van der Waals surface area contributed by atoms with Crippen LogP contribution < -0.4 is 0 Å². The minimum atomic E-state index is -4.30. The zero-order valence-corrected chi connectivity index (χ0v) is 6.39. The molecule has 0 aromatic carbocycles. The molecular weight excluding hydrogens is 230 g/mol. The maximum atomic E-state index is 9.86. The Hall–Kier alpha value is 1.82. The van der Waals surface area contributed by atoms with Gasteiger partial charge in [-0.1, -0.05) is 0 Å². The van der Waals surface area contributed by atoms with Crippen LogP contribution in [0.3, 0.4) is 0 Å². The topological polar surface area (TPSA) is 109 Å². The van der Waals surface area contributed by atoms with Crippen LogP contribution in [0.1, 0.15) is 0 Å². The van der Waals surface area contributed by atoms with Crippen LogP contribution in [-0.4, -0.2) is 96.6 Å². The molecule has 0 unspecified atom stereocenters. The summed E-state index contributed by atoms with van der Waals surface area (Å²) in [5, 5.41) is 0. The first-order valence-corrected chi connectivity index (χ1v) is 5.33. The molecule has 0 bridgehead atoms. The Morgan fingerprint density at radius 2 is 0.917 bits per heavy atom. The summed E-state index contributed by atoms with van der Waals surface area (Å²) in [5.41, 5.74) is 0. The molecule has 6 nitrogen and oxygen atoms in total. The van der Waals surface area contributed by atoms with Gasteiger partial charge in [0.1, 0.15) is 0 Å². The molecule has 0 saturated carbocycles. The number of hydrogen-bond donors (Lipinski definition) is 2. The molecule has 0 amide bonds. The quantitative estimate of drug-likeness (QED) is 0.414. The van der Waals surface area contributed by atoms with E-state index in [1.807, 2.05) is 0 Å². The first kappa shape index (κ1) is 19.4. The maximum absolute atomic E-state index is 9.86. The summed E-state index contributed by atoms with van der Waals surface area (Å²) in [6.45, 7) is 0. The Labute approximate surface area is 115 Å². The first-order valence-electron chi connectivity index (χ1n) is 2.11. The van der Waals surface area contributed by atoms with Crippen molar-refractivity contribution in [3.05, 3.63) is 0 Å². The van der Waals surface area contributed by atoms with Crippen LogP contribution in [0, 0.1) is 0 Å². The fourth-order valence-electron chi connectivity index (χ4n) is 0.211. The van der Waals surface area contributed by atoms with Crippen molar-refractivity contribution in [2.24, 2.45) is 0 Å². The average Bonchev–Trinajstić information content (AvgIpc) is 1.57. The fourth-order valence-corrected chi connectivity index (χ4v) is 1.90. The zero-order chi connectivity index (χ0) is 8.41. The Bertz CT molecular complexity index is 258. The summed E-state index contributed by atoms with van der Waals surface area (Å²) in [6.07, 6.45) is 0. The molecule has 0 heterocycles. The zero-order valence-electron chi connectivity index (χ0n) is 4.76. The van der Waals surface area contributed by atoms with Crippen LogP contribution in [0.5, 0.6) is 0 Å². The third-order valence-corrected chi connectivity index (χ3v) is 2.30. The summed E-state index contributed by atoms with van der Waals surface area (Å²) in [5.74, 6) is -1.96. The van der Waals surface area contributed by atoms with E-state index in [1.54, 1.807) is 0 Å². The molecule has 10 heteroatoms.